The number of rotatable bonds is 7. The minimum Gasteiger partial charge on any atom is -0.468 e. The number of hydrogen-bond acceptors (Lipinski definition) is 5. The first-order valence-corrected chi connectivity index (χ1v) is 9.69. The molecule has 1 fully saturated rings. The van der Waals surface area contributed by atoms with Crippen molar-refractivity contribution in [3.63, 3.8) is 0 Å². The van der Waals surface area contributed by atoms with Gasteiger partial charge >= 0.3 is 5.97 Å². The van der Waals surface area contributed by atoms with Gasteiger partial charge in [-0.25, -0.2) is 17.9 Å². The molecule has 9 heteroatoms. The molecule has 1 aliphatic carbocycles. The van der Waals surface area contributed by atoms with Crippen molar-refractivity contribution >= 4 is 39.2 Å². The van der Waals surface area contributed by atoms with E-state index in [0.29, 0.717) is 12.2 Å². The number of benzene rings is 1. The van der Waals surface area contributed by atoms with Gasteiger partial charge in [-0.3, -0.25) is 0 Å². The predicted octanol–water partition coefficient (Wildman–Crippen LogP) is 3.11. The van der Waals surface area contributed by atoms with Crippen molar-refractivity contribution in [3.05, 3.63) is 54.0 Å². The highest BCUT2D eigenvalue weighted by molar-refractivity contribution is 7.89. The van der Waals surface area contributed by atoms with Crippen LogP contribution in [0.4, 0.5) is 0 Å². The van der Waals surface area contributed by atoms with Crippen LogP contribution in [0.25, 0.3) is 0 Å². The molecule has 1 heterocycles. The molecule has 3 rings (SSSR count). The van der Waals surface area contributed by atoms with Crippen LogP contribution >= 0.6 is 23.2 Å². The number of esters is 1. The Morgan fingerprint density at radius 3 is 2.52 bits per heavy atom. The van der Waals surface area contributed by atoms with Crippen LogP contribution in [0.3, 0.4) is 0 Å². The van der Waals surface area contributed by atoms with E-state index in [1.54, 1.807) is 12.1 Å². The molecule has 1 aromatic carbocycles. The van der Waals surface area contributed by atoms with Crippen molar-refractivity contribution in [2.45, 2.75) is 22.2 Å². The highest BCUT2D eigenvalue weighted by Crippen LogP contribution is 2.53. The van der Waals surface area contributed by atoms with Crippen molar-refractivity contribution in [1.82, 2.24) is 4.72 Å². The fraction of sp³-hybridized carbons (Fsp3) is 0.312. The van der Waals surface area contributed by atoms with E-state index in [2.05, 4.69) is 4.72 Å². The number of hydrogen-bond donors (Lipinski definition) is 1. The molecule has 0 amide bonds. The van der Waals surface area contributed by atoms with E-state index in [0.717, 1.165) is 0 Å². The van der Waals surface area contributed by atoms with Crippen molar-refractivity contribution < 1.29 is 22.4 Å². The highest BCUT2D eigenvalue weighted by atomic mass is 35.5. The summed E-state index contributed by atoms with van der Waals surface area (Å²) in [6, 6.07) is 8.80. The maximum atomic E-state index is 12.2. The molecule has 1 aliphatic rings. The fourth-order valence-electron chi connectivity index (χ4n) is 2.14. The average molecular weight is 404 g/mol. The van der Waals surface area contributed by atoms with Crippen molar-refractivity contribution in [2.24, 2.45) is 5.92 Å². The molecule has 6 nitrogen and oxygen atoms in total. The minimum absolute atomic E-state index is 0.0401. The van der Waals surface area contributed by atoms with Gasteiger partial charge in [0.1, 0.15) is 10.1 Å². The van der Waals surface area contributed by atoms with Gasteiger partial charge in [-0.2, -0.15) is 0 Å². The number of furan rings is 1. The lowest BCUT2D eigenvalue weighted by Crippen LogP contribution is -2.23. The second-order valence-electron chi connectivity index (χ2n) is 5.69. The Balaban J connectivity index is 1.58. The summed E-state index contributed by atoms with van der Waals surface area (Å²) in [5.41, 5.74) is 0.250. The zero-order valence-corrected chi connectivity index (χ0v) is 15.3. The summed E-state index contributed by atoms with van der Waals surface area (Å²) in [4.78, 5) is 12.0. The van der Waals surface area contributed by atoms with Crippen LogP contribution in [0.5, 0.6) is 0 Å². The second kappa shape index (κ2) is 6.99. The van der Waals surface area contributed by atoms with Crippen molar-refractivity contribution in [2.75, 3.05) is 6.61 Å². The molecule has 0 saturated heterocycles. The van der Waals surface area contributed by atoms with Gasteiger partial charge in [0, 0.05) is 5.92 Å². The molecule has 1 saturated carbocycles. The third kappa shape index (κ3) is 4.55. The molecule has 0 bridgehead atoms. The summed E-state index contributed by atoms with van der Waals surface area (Å²) in [7, 11) is -3.71. The van der Waals surface area contributed by atoms with Crippen LogP contribution in [0.1, 0.15) is 22.5 Å². The maximum absolute atomic E-state index is 12.2. The average Bonchev–Trinajstić information content (AvgIpc) is 2.98. The van der Waals surface area contributed by atoms with Gasteiger partial charge in [0.2, 0.25) is 10.0 Å². The smallest absolute Gasteiger partial charge is 0.338 e. The lowest BCUT2D eigenvalue weighted by atomic mass is 10.2. The highest BCUT2D eigenvalue weighted by Gasteiger charge is 2.52. The SMILES string of the molecule is O=C(OC[C@H]1CC1(Cl)Cl)c1ccc(S(=O)(=O)NCc2ccco2)cc1. The Labute approximate surface area is 155 Å². The summed E-state index contributed by atoms with van der Waals surface area (Å²) in [6.07, 6.45) is 2.05. The van der Waals surface area contributed by atoms with Crippen LogP contribution in [0.15, 0.2) is 52.0 Å². The molecule has 134 valence electrons. The molecule has 0 spiro atoms. The van der Waals surface area contributed by atoms with Gasteiger partial charge in [0.05, 0.1) is 29.9 Å². The number of carbonyl (C=O) groups is 1. The van der Waals surface area contributed by atoms with Crippen LogP contribution in [0, 0.1) is 5.92 Å². The van der Waals surface area contributed by atoms with E-state index in [4.69, 9.17) is 32.4 Å². The number of ether oxygens (including phenoxy) is 1. The number of nitrogens with one attached hydrogen (secondary N) is 1. The molecule has 1 atom stereocenters. The summed E-state index contributed by atoms with van der Waals surface area (Å²) in [5, 5.41) is 0. The molecule has 25 heavy (non-hydrogen) atoms. The standard InChI is InChI=1S/C16H15Cl2NO5S/c17-16(18)8-12(16)10-24-15(20)11-3-5-14(6-4-11)25(21,22)19-9-13-2-1-7-23-13/h1-7,12,19H,8-10H2/t12-/m1/s1. The second-order valence-corrected chi connectivity index (χ2v) is 9.00. The van der Waals surface area contributed by atoms with E-state index in [1.807, 2.05) is 0 Å². The number of alkyl halides is 2. The molecule has 0 aliphatic heterocycles. The molecular formula is C16H15Cl2NO5S. The molecular weight excluding hydrogens is 389 g/mol. The van der Waals surface area contributed by atoms with E-state index < -0.39 is 20.3 Å². The third-order valence-electron chi connectivity index (χ3n) is 3.79. The fourth-order valence-corrected chi connectivity index (χ4v) is 3.63. The van der Waals surface area contributed by atoms with Gasteiger partial charge < -0.3 is 9.15 Å². The first-order valence-electron chi connectivity index (χ1n) is 7.45. The van der Waals surface area contributed by atoms with E-state index >= 15 is 0 Å². The Kier molecular flexibility index (Phi) is 5.11. The van der Waals surface area contributed by atoms with Gasteiger partial charge in [-0.1, -0.05) is 0 Å². The van der Waals surface area contributed by atoms with Gasteiger partial charge in [0.25, 0.3) is 0 Å². The van der Waals surface area contributed by atoms with Crippen LogP contribution in [0.2, 0.25) is 0 Å². The molecule has 0 radical (unpaired) electrons. The Morgan fingerprint density at radius 2 is 1.96 bits per heavy atom. The monoisotopic (exact) mass is 403 g/mol. The number of sulfonamides is 1. The molecule has 0 unspecified atom stereocenters. The van der Waals surface area contributed by atoms with Crippen LogP contribution < -0.4 is 4.72 Å². The van der Waals surface area contributed by atoms with Crippen LogP contribution in [-0.4, -0.2) is 25.3 Å². The summed E-state index contributed by atoms with van der Waals surface area (Å²) in [6.45, 7) is 0.176. The van der Waals surface area contributed by atoms with Gasteiger partial charge in [-0.15, -0.1) is 23.2 Å². The first-order chi connectivity index (χ1) is 11.8. The lowest BCUT2D eigenvalue weighted by molar-refractivity contribution is 0.0485. The molecule has 1 N–H and O–H groups in total. The number of halogens is 2. The van der Waals surface area contributed by atoms with Crippen molar-refractivity contribution in [3.8, 4) is 0 Å². The molecule has 2 aromatic rings. The van der Waals surface area contributed by atoms with Gasteiger partial charge in [-0.05, 0) is 42.8 Å². The minimum atomic E-state index is -3.71. The summed E-state index contributed by atoms with van der Waals surface area (Å²) >= 11 is 11.7. The lowest BCUT2D eigenvalue weighted by Gasteiger charge is -2.07. The molecule has 1 aromatic heterocycles. The van der Waals surface area contributed by atoms with E-state index in [-0.39, 0.29) is 29.5 Å². The van der Waals surface area contributed by atoms with Crippen LogP contribution in [-0.2, 0) is 21.3 Å². The summed E-state index contributed by atoms with van der Waals surface area (Å²) in [5.74, 6) is -0.118. The topological polar surface area (TPSA) is 85.6 Å². The normalized spacial score (nSPS) is 18.7. The first kappa shape index (κ1) is 18.3. The number of carbonyl (C=O) groups excluding carboxylic acids is 1. The Morgan fingerprint density at radius 1 is 1.28 bits per heavy atom. The zero-order chi connectivity index (χ0) is 18.1. The largest absolute Gasteiger partial charge is 0.468 e. The summed E-state index contributed by atoms with van der Waals surface area (Å²) < 4.78 is 36.2. The maximum Gasteiger partial charge on any atom is 0.338 e. The quantitative estimate of drug-likeness (QED) is 0.566. The van der Waals surface area contributed by atoms with Gasteiger partial charge in [0.15, 0.2) is 0 Å². The Bertz CT molecular complexity index is 847. The Hall–Kier alpha value is -1.54. The predicted molar refractivity (Wildman–Crippen MR) is 92.0 cm³/mol. The third-order valence-corrected chi connectivity index (χ3v) is 6.13. The zero-order valence-electron chi connectivity index (χ0n) is 12.9. The van der Waals surface area contributed by atoms with E-state index in [1.165, 1.54) is 30.5 Å². The van der Waals surface area contributed by atoms with Crippen molar-refractivity contribution in [1.29, 1.82) is 0 Å². The van der Waals surface area contributed by atoms with E-state index in [9.17, 15) is 13.2 Å².